The zero-order chi connectivity index (χ0) is 27.8. The summed E-state index contributed by atoms with van der Waals surface area (Å²) in [6, 6.07) is 14.6. The molecule has 7 aromatic rings. The van der Waals surface area contributed by atoms with Gasteiger partial charge in [-0.25, -0.2) is 0 Å². The Labute approximate surface area is 263 Å². The molecule has 0 spiro atoms. The molecule has 0 N–H and O–H groups in total. The second kappa shape index (κ2) is 12.4. The average Bonchev–Trinajstić information content (AvgIpc) is 3.80. The number of aryl methyl sites for hydroxylation is 2. The van der Waals surface area contributed by atoms with Gasteiger partial charge in [0.1, 0.15) is 0 Å². The molecule has 2 nitrogen and oxygen atoms in total. The van der Waals surface area contributed by atoms with Gasteiger partial charge in [0.2, 0.25) is 0 Å². The number of thiophene rings is 2. The van der Waals surface area contributed by atoms with Crippen molar-refractivity contribution in [1.29, 1.82) is 0 Å². The van der Waals surface area contributed by atoms with E-state index in [4.69, 9.17) is 9.97 Å². The minimum atomic E-state index is 0.348. The number of hydrogen-bond acceptors (Lipinski definition) is 6. The van der Waals surface area contributed by atoms with Crippen LogP contribution in [0.5, 0.6) is 0 Å². The third-order valence-electron chi connectivity index (χ3n) is 7.85. The number of fused-ring (bicyclic) bond motifs is 5. The minimum absolute atomic E-state index is 0.348. The van der Waals surface area contributed by atoms with Crippen LogP contribution in [0.3, 0.4) is 0 Å². The van der Waals surface area contributed by atoms with Gasteiger partial charge in [-0.3, -0.25) is 0 Å². The third kappa shape index (κ3) is 5.87. The van der Waals surface area contributed by atoms with Crippen LogP contribution in [-0.4, -0.2) is 24.5 Å². The van der Waals surface area contributed by atoms with E-state index in [-0.39, 0.29) is 0 Å². The summed E-state index contributed by atoms with van der Waals surface area (Å²) in [5.41, 5.74) is 2.52. The van der Waals surface area contributed by atoms with E-state index in [0.29, 0.717) is 14.5 Å². The Balaban J connectivity index is 1.16. The first-order chi connectivity index (χ1) is 20.2. The van der Waals surface area contributed by atoms with E-state index >= 15 is 0 Å². The van der Waals surface area contributed by atoms with Gasteiger partial charge in [-0.1, -0.05) is 26.7 Å². The number of thiazole rings is 2. The van der Waals surface area contributed by atoms with Crippen LogP contribution in [0.25, 0.3) is 59.2 Å². The second-order valence-electron chi connectivity index (χ2n) is 11.0. The number of aromatic nitrogens is 2. The first-order valence-electron chi connectivity index (χ1n) is 14.9. The standard InChI is InChI=1S/C34H34N2S4Se/c1-3-5-7-9-11-23-19-37-33(35-23)29-15-21-13-25-26-14-22-16-30(34-36-24(20-38-34)12-10-8-6-4-2)40-28(22)18-32(26)41-31(25)17-27(21)39-29/h13-20H,3-12H2,1-2H3. The van der Waals surface area contributed by atoms with E-state index in [9.17, 15) is 0 Å². The molecule has 0 aliphatic carbocycles. The molecule has 0 amide bonds. The number of nitrogens with zero attached hydrogens (tertiary/aromatic N) is 2. The molecular formula is C34H34N2S4Se. The molecule has 41 heavy (non-hydrogen) atoms. The molecule has 0 saturated heterocycles. The van der Waals surface area contributed by atoms with E-state index in [0.717, 1.165) is 12.8 Å². The van der Waals surface area contributed by atoms with Gasteiger partial charge in [0.15, 0.2) is 0 Å². The first kappa shape index (κ1) is 27.9. The van der Waals surface area contributed by atoms with Crippen LogP contribution < -0.4 is 0 Å². The molecule has 7 rings (SSSR count). The summed E-state index contributed by atoms with van der Waals surface area (Å²) in [4.78, 5) is 12.6. The van der Waals surface area contributed by atoms with Crippen LogP contribution in [0.1, 0.15) is 76.6 Å². The normalized spacial score (nSPS) is 12.1. The van der Waals surface area contributed by atoms with Gasteiger partial charge in [-0.15, -0.1) is 0 Å². The molecule has 0 bridgehead atoms. The van der Waals surface area contributed by atoms with Gasteiger partial charge >= 0.3 is 239 Å². The molecule has 0 unspecified atom stereocenters. The van der Waals surface area contributed by atoms with Crippen LogP contribution in [0, 0.1) is 0 Å². The van der Waals surface area contributed by atoms with Gasteiger partial charge in [-0.2, -0.15) is 0 Å². The van der Waals surface area contributed by atoms with Gasteiger partial charge in [-0.05, 0) is 0 Å². The van der Waals surface area contributed by atoms with Gasteiger partial charge in [0.25, 0.3) is 0 Å². The Morgan fingerprint density at radius 1 is 0.585 bits per heavy atom. The third-order valence-corrected chi connectivity index (χ3v) is 14.5. The van der Waals surface area contributed by atoms with Crippen molar-refractivity contribution in [2.45, 2.75) is 78.1 Å². The van der Waals surface area contributed by atoms with Crippen molar-refractivity contribution < 1.29 is 0 Å². The molecule has 0 saturated carbocycles. The van der Waals surface area contributed by atoms with Gasteiger partial charge in [0.05, 0.1) is 0 Å². The van der Waals surface area contributed by atoms with Crippen LogP contribution >= 0.6 is 45.3 Å². The summed E-state index contributed by atoms with van der Waals surface area (Å²) in [7, 11) is 0. The molecule has 2 aromatic carbocycles. The van der Waals surface area contributed by atoms with E-state index in [1.54, 1.807) is 0 Å². The Hall–Kier alpha value is -1.86. The fraction of sp³-hybridized carbons (Fsp3) is 0.353. The van der Waals surface area contributed by atoms with Crippen molar-refractivity contribution in [2.24, 2.45) is 0 Å². The molecule has 0 fully saturated rings. The second-order valence-corrected chi connectivity index (χ2v) is 17.2. The topological polar surface area (TPSA) is 25.8 Å². The Morgan fingerprint density at radius 2 is 1.07 bits per heavy atom. The fourth-order valence-electron chi connectivity index (χ4n) is 5.59. The fourth-order valence-corrected chi connectivity index (χ4v) is 12.3. The number of hydrogen-bond donors (Lipinski definition) is 0. The summed E-state index contributed by atoms with van der Waals surface area (Å²) in [6.45, 7) is 4.54. The van der Waals surface area contributed by atoms with Crippen molar-refractivity contribution in [3.8, 4) is 19.8 Å². The van der Waals surface area contributed by atoms with Crippen LogP contribution in [0.15, 0.2) is 47.2 Å². The van der Waals surface area contributed by atoms with Crippen molar-refractivity contribution >= 4 is 99.3 Å². The van der Waals surface area contributed by atoms with E-state index in [1.807, 2.05) is 45.3 Å². The Bertz CT molecular complexity index is 1810. The number of benzene rings is 2. The maximum atomic E-state index is 5.00. The molecule has 0 aliphatic rings. The summed E-state index contributed by atoms with van der Waals surface area (Å²) >= 11 is 7.78. The van der Waals surface area contributed by atoms with Crippen molar-refractivity contribution in [3.05, 3.63) is 58.5 Å². The van der Waals surface area contributed by atoms with Crippen LogP contribution in [0.2, 0.25) is 0 Å². The number of rotatable bonds is 12. The molecule has 0 radical (unpaired) electrons. The van der Waals surface area contributed by atoms with E-state index in [2.05, 4.69) is 61.0 Å². The van der Waals surface area contributed by atoms with Crippen molar-refractivity contribution in [1.82, 2.24) is 9.97 Å². The van der Waals surface area contributed by atoms with Crippen LogP contribution in [0.4, 0.5) is 0 Å². The summed E-state index contributed by atoms with van der Waals surface area (Å²) < 4.78 is 5.84. The van der Waals surface area contributed by atoms with Gasteiger partial charge in [0, 0.05) is 0 Å². The molecule has 0 aliphatic heterocycles. The SMILES string of the molecule is CCCCCCc1csc(-c2cc3cc4c(cc3s2)[se]c2cc3sc(-c5nc(CCCCCC)cs5)cc3cc24)n1. The molecule has 0 atom stereocenters. The summed E-state index contributed by atoms with van der Waals surface area (Å²) in [6.07, 6.45) is 12.6. The summed E-state index contributed by atoms with van der Waals surface area (Å²) in [5.74, 6) is 0. The molecule has 7 heteroatoms. The zero-order valence-electron chi connectivity index (χ0n) is 23.6. The molecule has 210 valence electrons. The van der Waals surface area contributed by atoms with Crippen molar-refractivity contribution in [3.63, 3.8) is 0 Å². The molecule has 5 heterocycles. The first-order valence-corrected chi connectivity index (χ1v) is 20.0. The van der Waals surface area contributed by atoms with Gasteiger partial charge < -0.3 is 0 Å². The molecular weight excluding hydrogens is 644 g/mol. The predicted octanol–water partition coefficient (Wildman–Crippen LogP) is 12.0. The predicted molar refractivity (Wildman–Crippen MR) is 187 cm³/mol. The quantitative estimate of drug-likeness (QED) is 0.0950. The zero-order valence-corrected chi connectivity index (χ0v) is 28.6. The summed E-state index contributed by atoms with van der Waals surface area (Å²) in [5, 5.41) is 12.5. The van der Waals surface area contributed by atoms with Crippen molar-refractivity contribution in [2.75, 3.05) is 0 Å². The van der Waals surface area contributed by atoms with E-state index < -0.39 is 0 Å². The Morgan fingerprint density at radius 3 is 1.54 bits per heavy atom. The number of unbranched alkanes of at least 4 members (excludes halogenated alkanes) is 6. The average molecular weight is 678 g/mol. The maximum absolute atomic E-state index is 5.00. The Kier molecular flexibility index (Phi) is 8.45. The van der Waals surface area contributed by atoms with Crippen LogP contribution in [-0.2, 0) is 12.8 Å². The molecule has 5 aromatic heterocycles. The monoisotopic (exact) mass is 678 g/mol. The van der Waals surface area contributed by atoms with E-state index in [1.165, 1.54) is 122 Å².